The minimum absolute atomic E-state index is 0.0571. The van der Waals surface area contributed by atoms with E-state index in [2.05, 4.69) is 15.6 Å². The SMILES string of the molecule is Cc1cc(C)c(NC(=O)c2cccc(NC(=O)C3CCCCC3)c2)c(C)n1. The van der Waals surface area contributed by atoms with Crippen molar-refractivity contribution in [3.05, 3.63) is 52.8 Å². The highest BCUT2D eigenvalue weighted by atomic mass is 16.2. The molecule has 1 saturated carbocycles. The summed E-state index contributed by atoms with van der Waals surface area (Å²) in [4.78, 5) is 29.6. The van der Waals surface area contributed by atoms with Gasteiger partial charge in [-0.2, -0.15) is 0 Å². The lowest BCUT2D eigenvalue weighted by molar-refractivity contribution is -0.120. The zero-order chi connectivity index (χ0) is 19.4. The largest absolute Gasteiger partial charge is 0.326 e. The minimum Gasteiger partial charge on any atom is -0.326 e. The van der Waals surface area contributed by atoms with Gasteiger partial charge in [0.05, 0.1) is 11.4 Å². The fraction of sp³-hybridized carbons (Fsp3) is 0.409. The number of hydrogen-bond acceptors (Lipinski definition) is 3. The van der Waals surface area contributed by atoms with E-state index in [0.29, 0.717) is 11.3 Å². The van der Waals surface area contributed by atoms with Crippen LogP contribution in [0, 0.1) is 26.7 Å². The molecule has 1 aliphatic rings. The van der Waals surface area contributed by atoms with Crippen LogP contribution in [0.1, 0.15) is 59.4 Å². The van der Waals surface area contributed by atoms with E-state index in [-0.39, 0.29) is 17.7 Å². The molecule has 1 aromatic carbocycles. The lowest BCUT2D eigenvalue weighted by Gasteiger charge is -2.20. The number of amides is 2. The van der Waals surface area contributed by atoms with E-state index < -0.39 is 0 Å². The molecule has 142 valence electrons. The number of hydrogen-bond donors (Lipinski definition) is 2. The van der Waals surface area contributed by atoms with Gasteiger partial charge in [-0.05, 0) is 63.4 Å². The number of pyridine rings is 1. The van der Waals surface area contributed by atoms with Crippen LogP contribution in [-0.2, 0) is 4.79 Å². The Bertz CT molecular complexity index is 831. The number of nitrogens with zero attached hydrogens (tertiary/aromatic N) is 1. The molecule has 3 rings (SSSR count). The molecule has 1 aromatic heterocycles. The molecule has 2 N–H and O–H groups in total. The van der Waals surface area contributed by atoms with Crippen molar-refractivity contribution in [2.24, 2.45) is 5.92 Å². The molecule has 0 atom stereocenters. The molecule has 27 heavy (non-hydrogen) atoms. The average molecular weight is 365 g/mol. The number of carbonyl (C=O) groups excluding carboxylic acids is 2. The summed E-state index contributed by atoms with van der Waals surface area (Å²) in [5.74, 6) is -0.0672. The van der Waals surface area contributed by atoms with Crippen LogP contribution in [0.25, 0.3) is 0 Å². The normalized spacial score (nSPS) is 14.6. The van der Waals surface area contributed by atoms with Gasteiger partial charge >= 0.3 is 0 Å². The Hall–Kier alpha value is -2.69. The zero-order valence-electron chi connectivity index (χ0n) is 16.3. The van der Waals surface area contributed by atoms with Crippen molar-refractivity contribution in [2.75, 3.05) is 10.6 Å². The molecular weight excluding hydrogens is 338 g/mol. The van der Waals surface area contributed by atoms with Gasteiger partial charge in [0, 0.05) is 22.9 Å². The summed E-state index contributed by atoms with van der Waals surface area (Å²) in [6.45, 7) is 5.78. The van der Waals surface area contributed by atoms with Crippen LogP contribution in [0.15, 0.2) is 30.3 Å². The van der Waals surface area contributed by atoms with E-state index in [1.807, 2.05) is 32.9 Å². The number of aromatic nitrogens is 1. The molecule has 2 amide bonds. The van der Waals surface area contributed by atoms with E-state index >= 15 is 0 Å². The summed E-state index contributed by atoms with van der Waals surface area (Å²) in [5.41, 5.74) is 4.61. The Morgan fingerprint density at radius 1 is 1.00 bits per heavy atom. The lowest BCUT2D eigenvalue weighted by atomic mass is 9.88. The summed E-state index contributed by atoms with van der Waals surface area (Å²) in [5, 5.41) is 5.92. The number of rotatable bonds is 4. The van der Waals surface area contributed by atoms with Crippen molar-refractivity contribution in [3.63, 3.8) is 0 Å². The van der Waals surface area contributed by atoms with Gasteiger partial charge in [-0.15, -0.1) is 0 Å². The first-order valence-corrected chi connectivity index (χ1v) is 9.61. The monoisotopic (exact) mass is 365 g/mol. The van der Waals surface area contributed by atoms with Gasteiger partial charge in [-0.1, -0.05) is 25.3 Å². The first kappa shape index (κ1) is 19.1. The van der Waals surface area contributed by atoms with Crippen LogP contribution in [0.4, 0.5) is 11.4 Å². The quantitative estimate of drug-likeness (QED) is 0.819. The predicted octanol–water partition coefficient (Wildman–Crippen LogP) is 4.78. The number of aryl methyl sites for hydroxylation is 3. The molecule has 0 bridgehead atoms. The van der Waals surface area contributed by atoms with E-state index in [4.69, 9.17) is 0 Å². The van der Waals surface area contributed by atoms with Crippen molar-refractivity contribution < 1.29 is 9.59 Å². The highest BCUT2D eigenvalue weighted by Gasteiger charge is 2.21. The first-order chi connectivity index (χ1) is 12.9. The zero-order valence-corrected chi connectivity index (χ0v) is 16.3. The predicted molar refractivity (Wildman–Crippen MR) is 108 cm³/mol. The summed E-state index contributed by atoms with van der Waals surface area (Å²) in [7, 11) is 0. The number of benzene rings is 1. The second-order valence-corrected chi connectivity index (χ2v) is 7.40. The molecule has 0 spiro atoms. The van der Waals surface area contributed by atoms with Crippen LogP contribution in [-0.4, -0.2) is 16.8 Å². The molecule has 0 aliphatic heterocycles. The van der Waals surface area contributed by atoms with Gasteiger partial charge in [0.2, 0.25) is 5.91 Å². The first-order valence-electron chi connectivity index (χ1n) is 9.61. The Balaban J connectivity index is 1.71. The number of carbonyl (C=O) groups is 2. The third-order valence-electron chi connectivity index (χ3n) is 5.13. The van der Waals surface area contributed by atoms with Crippen molar-refractivity contribution in [3.8, 4) is 0 Å². The Kier molecular flexibility index (Phi) is 5.89. The summed E-state index contributed by atoms with van der Waals surface area (Å²) in [6, 6.07) is 9.03. The van der Waals surface area contributed by atoms with Crippen LogP contribution < -0.4 is 10.6 Å². The average Bonchev–Trinajstić information content (AvgIpc) is 2.65. The molecule has 1 aliphatic carbocycles. The third-order valence-corrected chi connectivity index (χ3v) is 5.13. The maximum Gasteiger partial charge on any atom is 0.255 e. The van der Waals surface area contributed by atoms with Gasteiger partial charge in [0.25, 0.3) is 5.91 Å². The van der Waals surface area contributed by atoms with Gasteiger partial charge in [-0.3, -0.25) is 14.6 Å². The van der Waals surface area contributed by atoms with Crippen LogP contribution in [0.3, 0.4) is 0 Å². The Morgan fingerprint density at radius 3 is 2.44 bits per heavy atom. The Morgan fingerprint density at radius 2 is 1.74 bits per heavy atom. The third kappa shape index (κ3) is 4.73. The maximum atomic E-state index is 12.7. The second kappa shape index (κ2) is 8.33. The van der Waals surface area contributed by atoms with E-state index in [0.717, 1.165) is 48.3 Å². The fourth-order valence-electron chi connectivity index (χ4n) is 3.75. The number of nitrogens with one attached hydrogen (secondary N) is 2. The summed E-state index contributed by atoms with van der Waals surface area (Å²) in [6.07, 6.45) is 5.34. The second-order valence-electron chi connectivity index (χ2n) is 7.40. The highest BCUT2D eigenvalue weighted by Crippen LogP contribution is 2.25. The Labute approximate surface area is 160 Å². The molecule has 2 aromatic rings. The number of anilines is 2. The van der Waals surface area contributed by atoms with Crippen LogP contribution >= 0.6 is 0 Å². The van der Waals surface area contributed by atoms with E-state index in [1.165, 1.54) is 6.42 Å². The standard InChI is InChI=1S/C22H27N3O2/c1-14-12-15(2)23-16(3)20(14)25-22(27)18-10-7-11-19(13-18)24-21(26)17-8-5-4-6-9-17/h7,10-13,17H,4-6,8-9H2,1-3H3,(H,24,26)(H,25,27). The van der Waals surface area contributed by atoms with Crippen molar-refractivity contribution in [2.45, 2.75) is 52.9 Å². The molecule has 5 nitrogen and oxygen atoms in total. The van der Waals surface area contributed by atoms with Crippen molar-refractivity contribution in [1.29, 1.82) is 0 Å². The van der Waals surface area contributed by atoms with E-state index in [9.17, 15) is 9.59 Å². The van der Waals surface area contributed by atoms with Crippen molar-refractivity contribution in [1.82, 2.24) is 4.98 Å². The smallest absolute Gasteiger partial charge is 0.255 e. The van der Waals surface area contributed by atoms with Gasteiger partial charge in [0.15, 0.2) is 0 Å². The van der Waals surface area contributed by atoms with Crippen molar-refractivity contribution >= 4 is 23.2 Å². The fourth-order valence-corrected chi connectivity index (χ4v) is 3.75. The molecule has 0 unspecified atom stereocenters. The highest BCUT2D eigenvalue weighted by molar-refractivity contribution is 6.06. The molecule has 5 heteroatoms. The van der Waals surface area contributed by atoms with Crippen LogP contribution in [0.2, 0.25) is 0 Å². The summed E-state index contributed by atoms with van der Waals surface area (Å²) < 4.78 is 0. The molecule has 1 fully saturated rings. The molecule has 0 radical (unpaired) electrons. The molecular formula is C22H27N3O2. The van der Waals surface area contributed by atoms with E-state index in [1.54, 1.807) is 18.2 Å². The minimum atomic E-state index is -0.208. The summed E-state index contributed by atoms with van der Waals surface area (Å²) >= 11 is 0. The van der Waals surface area contributed by atoms with Gasteiger partial charge in [0.1, 0.15) is 0 Å². The topological polar surface area (TPSA) is 71.1 Å². The lowest BCUT2D eigenvalue weighted by Crippen LogP contribution is -2.25. The molecule has 1 heterocycles. The molecule has 0 saturated heterocycles. The van der Waals surface area contributed by atoms with Gasteiger partial charge < -0.3 is 10.6 Å². The van der Waals surface area contributed by atoms with Gasteiger partial charge in [-0.25, -0.2) is 0 Å². The van der Waals surface area contributed by atoms with Crippen LogP contribution in [0.5, 0.6) is 0 Å². The maximum absolute atomic E-state index is 12.7.